The lowest BCUT2D eigenvalue weighted by Gasteiger charge is -2.19. The average molecular weight is 815 g/mol. The van der Waals surface area contributed by atoms with Crippen molar-refractivity contribution >= 4 is 67.6 Å². The highest BCUT2D eigenvalue weighted by atomic mass is 35.5. The fourth-order valence-corrected chi connectivity index (χ4v) is 8.21. The maximum atomic E-state index is 13.2. The molecule has 0 saturated heterocycles. The molecule has 0 atom stereocenters. The van der Waals surface area contributed by atoms with E-state index < -0.39 is 10.0 Å². The molecule has 0 fully saturated rings. The summed E-state index contributed by atoms with van der Waals surface area (Å²) in [6, 6.07) is 22.5. The van der Waals surface area contributed by atoms with E-state index in [4.69, 9.17) is 37.7 Å². The van der Waals surface area contributed by atoms with Gasteiger partial charge in [0.15, 0.2) is 11.6 Å². The first-order valence-electron chi connectivity index (χ1n) is 18.0. The van der Waals surface area contributed by atoms with E-state index in [1.807, 2.05) is 71.9 Å². The van der Waals surface area contributed by atoms with Crippen LogP contribution in [0.1, 0.15) is 50.9 Å². The largest absolute Gasteiger partial charge is 0.491 e. The summed E-state index contributed by atoms with van der Waals surface area (Å²) in [6.45, 7) is 15.0. The van der Waals surface area contributed by atoms with E-state index in [0.29, 0.717) is 49.1 Å². The van der Waals surface area contributed by atoms with Gasteiger partial charge in [-0.1, -0.05) is 76.8 Å². The first kappa shape index (κ1) is 42.1. The molecular weight excluding hydrogens is 769 g/mol. The highest BCUT2D eigenvalue weighted by Crippen LogP contribution is 2.41. The number of sulfonamides is 1. The normalized spacial score (nSPS) is 11.5. The van der Waals surface area contributed by atoms with E-state index in [1.165, 1.54) is 12.1 Å². The van der Waals surface area contributed by atoms with Crippen LogP contribution in [0, 0.1) is 59.8 Å². The number of nitrogens with one attached hydrogen (secondary N) is 3. The number of para-hydroxylation sites is 1. The fraction of sp³-hybridized carbons (Fsp3) is 0.286. The first-order valence-corrected chi connectivity index (χ1v) is 20.2. The number of benzene rings is 4. The van der Waals surface area contributed by atoms with Crippen LogP contribution in [-0.2, 0) is 14.8 Å². The van der Waals surface area contributed by atoms with Crippen molar-refractivity contribution in [3.63, 3.8) is 0 Å². The average Bonchev–Trinajstić information content (AvgIpc) is 3.13. The van der Waals surface area contributed by atoms with Gasteiger partial charge in [0.2, 0.25) is 10.0 Å². The van der Waals surface area contributed by atoms with Crippen molar-refractivity contribution in [2.75, 3.05) is 37.0 Å². The number of nitrogens with zero attached hydrogens (tertiary/aromatic N) is 4. The van der Waals surface area contributed by atoms with Crippen molar-refractivity contribution in [1.29, 1.82) is 5.26 Å². The van der Waals surface area contributed by atoms with Crippen molar-refractivity contribution < 1.29 is 17.9 Å². The van der Waals surface area contributed by atoms with E-state index in [9.17, 15) is 13.7 Å². The molecule has 56 heavy (non-hydrogen) atoms. The molecule has 0 bridgehead atoms. The van der Waals surface area contributed by atoms with Gasteiger partial charge in [0, 0.05) is 30.1 Å². The Kier molecular flexibility index (Phi) is 14.1. The van der Waals surface area contributed by atoms with Crippen LogP contribution in [0.5, 0.6) is 5.75 Å². The Morgan fingerprint density at radius 2 is 1.34 bits per heavy atom. The topological polar surface area (TPSA) is 150 Å². The number of hydrogen-bond acceptors (Lipinski definition) is 10. The van der Waals surface area contributed by atoms with Gasteiger partial charge in [0.05, 0.1) is 22.2 Å². The molecule has 14 heteroatoms. The molecule has 0 saturated carbocycles. The maximum Gasteiger partial charge on any atom is 0.242 e. The Bertz CT molecular complexity index is 2370. The fourth-order valence-electron chi connectivity index (χ4n) is 6.32. The van der Waals surface area contributed by atoms with Crippen LogP contribution in [0.25, 0.3) is 0 Å². The van der Waals surface area contributed by atoms with Crippen molar-refractivity contribution in [3.05, 3.63) is 121 Å². The number of nitriles is 1. The molecule has 1 aromatic heterocycles. The number of pyridine rings is 1. The zero-order valence-electron chi connectivity index (χ0n) is 32.5. The summed E-state index contributed by atoms with van der Waals surface area (Å²) >= 11 is 13.1. The second-order valence-electron chi connectivity index (χ2n) is 13.5. The van der Waals surface area contributed by atoms with Crippen LogP contribution in [0.3, 0.4) is 0 Å². The van der Waals surface area contributed by atoms with Crippen LogP contribution in [0.4, 0.5) is 34.4 Å². The Balaban J connectivity index is 1.38. The first-order chi connectivity index (χ1) is 26.7. The summed E-state index contributed by atoms with van der Waals surface area (Å²) < 4.78 is 40.1. The molecule has 0 aliphatic heterocycles. The number of azo groups is 1. The second kappa shape index (κ2) is 18.7. The van der Waals surface area contributed by atoms with Crippen molar-refractivity contribution in [2.45, 2.75) is 59.8 Å². The van der Waals surface area contributed by atoms with E-state index in [0.717, 1.165) is 50.5 Å². The predicted molar refractivity (Wildman–Crippen MR) is 225 cm³/mol. The van der Waals surface area contributed by atoms with Crippen LogP contribution in [-0.4, -0.2) is 39.8 Å². The van der Waals surface area contributed by atoms with E-state index in [2.05, 4.69) is 55.9 Å². The van der Waals surface area contributed by atoms with E-state index >= 15 is 0 Å². The highest BCUT2D eigenvalue weighted by molar-refractivity contribution is 7.89. The van der Waals surface area contributed by atoms with Gasteiger partial charge in [-0.05, 0) is 101 Å². The molecule has 0 amide bonds. The number of ether oxygens (including phenoxy) is 2. The van der Waals surface area contributed by atoms with Gasteiger partial charge in [0.25, 0.3) is 0 Å². The number of hydrogen-bond donors (Lipinski definition) is 3. The summed E-state index contributed by atoms with van der Waals surface area (Å²) in [5.41, 5.74) is 9.16. The predicted octanol–water partition coefficient (Wildman–Crippen LogP) is 11.1. The van der Waals surface area contributed by atoms with Crippen molar-refractivity contribution in [3.8, 4) is 11.8 Å². The summed E-state index contributed by atoms with van der Waals surface area (Å²) in [7, 11) is -4.02. The zero-order valence-corrected chi connectivity index (χ0v) is 34.8. The lowest BCUT2D eigenvalue weighted by atomic mass is 10.0. The number of rotatable bonds is 16. The van der Waals surface area contributed by atoms with E-state index in [-0.39, 0.29) is 32.7 Å². The van der Waals surface area contributed by atoms with Crippen LogP contribution in [0.2, 0.25) is 10.0 Å². The van der Waals surface area contributed by atoms with Gasteiger partial charge in [-0.2, -0.15) is 5.26 Å². The smallest absolute Gasteiger partial charge is 0.242 e. The molecule has 0 spiro atoms. The lowest BCUT2D eigenvalue weighted by Crippen LogP contribution is -2.26. The second-order valence-corrected chi connectivity index (χ2v) is 16.1. The van der Waals surface area contributed by atoms with Gasteiger partial charge < -0.3 is 20.1 Å². The Hall–Kier alpha value is -5.03. The zero-order chi connectivity index (χ0) is 40.6. The van der Waals surface area contributed by atoms with Gasteiger partial charge in [0.1, 0.15) is 34.7 Å². The molecule has 0 unspecified atom stereocenters. The molecule has 292 valence electrons. The van der Waals surface area contributed by atoms with Crippen molar-refractivity contribution in [2.24, 2.45) is 10.2 Å². The molecule has 3 N–H and O–H groups in total. The molecule has 0 radical (unpaired) electrons. The van der Waals surface area contributed by atoms with Crippen molar-refractivity contribution in [1.82, 2.24) is 9.71 Å². The summed E-state index contributed by atoms with van der Waals surface area (Å²) in [5, 5.41) is 26.1. The monoisotopic (exact) mass is 813 g/mol. The third-order valence-corrected chi connectivity index (χ3v) is 11.1. The summed E-state index contributed by atoms with van der Waals surface area (Å²) in [5.74, 6) is 1.46. The number of aryl methyl sites for hydroxylation is 6. The Morgan fingerprint density at radius 3 is 1.93 bits per heavy atom. The molecule has 4 aromatic carbocycles. The molecule has 1 heterocycles. The van der Waals surface area contributed by atoms with E-state index in [1.54, 1.807) is 6.92 Å². The van der Waals surface area contributed by atoms with Crippen LogP contribution >= 0.6 is 23.2 Å². The SMILES string of the molecule is Cc1cc(C)c(Nc2nc(Nc3c(C)cc(C)cc3C)c(N=Nc3cc(Cl)c(S(=O)(=O)NCCCOCCOc4ccccc4)cc3Cl)c(C)c2C#N)c(C)c1. The Labute approximate surface area is 339 Å². The molecular formula is C42H45Cl2N7O4S. The molecule has 5 rings (SSSR count). The highest BCUT2D eigenvalue weighted by Gasteiger charge is 2.22. The van der Waals surface area contributed by atoms with Gasteiger partial charge in [-0.25, -0.2) is 18.1 Å². The third kappa shape index (κ3) is 10.4. The van der Waals surface area contributed by atoms with Crippen LogP contribution in [0.15, 0.2) is 81.9 Å². The minimum absolute atomic E-state index is 0.00901. The Morgan fingerprint density at radius 1 is 0.750 bits per heavy atom. The number of anilines is 4. The molecule has 5 aromatic rings. The molecule has 11 nitrogen and oxygen atoms in total. The summed E-state index contributed by atoms with van der Waals surface area (Å²) in [4.78, 5) is 4.71. The van der Waals surface area contributed by atoms with Gasteiger partial charge >= 0.3 is 0 Å². The minimum Gasteiger partial charge on any atom is -0.491 e. The van der Waals surface area contributed by atoms with Gasteiger partial charge in [-0.3, -0.25) is 0 Å². The number of aromatic nitrogens is 1. The molecule has 0 aliphatic carbocycles. The quantitative estimate of drug-likeness (QED) is 0.0658. The third-order valence-electron chi connectivity index (χ3n) is 8.91. The maximum absolute atomic E-state index is 13.2. The van der Waals surface area contributed by atoms with Gasteiger partial charge in [-0.15, -0.1) is 10.2 Å². The van der Waals surface area contributed by atoms with Crippen LogP contribution < -0.4 is 20.1 Å². The minimum atomic E-state index is -4.02. The molecule has 0 aliphatic rings. The standard InChI is InChI=1S/C42H45Cl2N7O4S/c1-25-18-27(3)38(28(4)19-25)47-41-33(24-45)31(7)40(42(49-41)48-39-29(5)20-26(2)21-30(39)6)51-50-36-22-35(44)37(23-34(36)43)56(52,53)46-14-11-15-54-16-17-55-32-12-9-8-10-13-32/h8-10,12-13,18-23,46H,11,14-17H2,1-7H3,(H2,47,48,49). The summed E-state index contributed by atoms with van der Waals surface area (Å²) in [6.07, 6.45) is 0.427. The number of halogens is 2. The lowest BCUT2D eigenvalue weighted by molar-refractivity contribution is 0.0990.